The molecule has 1 N–H and O–H groups in total. The molecule has 0 bridgehead atoms. The van der Waals surface area contributed by atoms with Gasteiger partial charge in [0.05, 0.1) is 12.1 Å². The highest BCUT2D eigenvalue weighted by molar-refractivity contribution is 7.80. The minimum absolute atomic E-state index is 0.0870. The molecular weight excluding hydrogens is 186 g/mol. The number of hydrogen-bond acceptors (Lipinski definition) is 3. The highest BCUT2D eigenvalue weighted by Crippen LogP contribution is 2.21. The minimum Gasteiger partial charge on any atom is -0.379 e. The molecule has 2 atom stereocenters. The lowest BCUT2D eigenvalue weighted by atomic mass is 10.2. The third kappa shape index (κ3) is 3.19. The van der Waals surface area contributed by atoms with E-state index in [9.17, 15) is 4.79 Å². The summed E-state index contributed by atoms with van der Waals surface area (Å²) in [5.41, 5.74) is 0. The lowest BCUT2D eigenvalue weighted by molar-refractivity contribution is -0.122. The van der Waals surface area contributed by atoms with E-state index in [-0.39, 0.29) is 18.1 Å². The third-order valence-corrected chi connectivity index (χ3v) is 2.66. The van der Waals surface area contributed by atoms with E-state index < -0.39 is 0 Å². The van der Waals surface area contributed by atoms with Gasteiger partial charge in [0.25, 0.3) is 0 Å². The number of hydrogen-bond donors (Lipinski definition) is 2. The van der Waals surface area contributed by atoms with Gasteiger partial charge >= 0.3 is 0 Å². The van der Waals surface area contributed by atoms with Gasteiger partial charge in [0.1, 0.15) is 0 Å². The van der Waals surface area contributed by atoms with E-state index in [1.165, 1.54) is 0 Å². The molecule has 1 aliphatic carbocycles. The Morgan fingerprint density at radius 1 is 1.62 bits per heavy atom. The molecule has 1 aliphatic rings. The Morgan fingerprint density at radius 2 is 2.38 bits per heavy atom. The molecule has 0 saturated heterocycles. The van der Waals surface area contributed by atoms with Crippen LogP contribution < -0.4 is 5.32 Å². The van der Waals surface area contributed by atoms with Gasteiger partial charge in [-0.25, -0.2) is 0 Å². The number of carbonyl (C=O) groups excluding carboxylic acids is 1. The number of carbonyl (C=O) groups is 1. The van der Waals surface area contributed by atoms with Crippen LogP contribution in [-0.4, -0.2) is 30.9 Å². The third-order valence-electron chi connectivity index (χ3n) is 2.44. The smallest absolute Gasteiger partial charge is 0.221 e. The van der Waals surface area contributed by atoms with Gasteiger partial charge in [-0.1, -0.05) is 0 Å². The fraction of sp³-hybridized carbons (Fsp3) is 0.889. The van der Waals surface area contributed by atoms with Crippen molar-refractivity contribution in [2.24, 2.45) is 0 Å². The first-order valence-corrected chi connectivity index (χ1v) is 5.34. The summed E-state index contributed by atoms with van der Waals surface area (Å²) in [6.45, 7) is 0. The second-order valence-corrected chi connectivity index (χ2v) is 3.80. The molecule has 3 nitrogen and oxygen atoms in total. The number of amides is 1. The molecule has 0 spiro atoms. The Kier molecular flexibility index (Phi) is 4.59. The van der Waals surface area contributed by atoms with Gasteiger partial charge in [0, 0.05) is 13.5 Å². The van der Waals surface area contributed by atoms with Crippen LogP contribution >= 0.6 is 12.6 Å². The molecular formula is C9H17NO2S. The zero-order valence-corrected chi connectivity index (χ0v) is 8.85. The first-order chi connectivity index (χ1) is 6.27. The van der Waals surface area contributed by atoms with Gasteiger partial charge in [0.15, 0.2) is 0 Å². The molecule has 2 unspecified atom stereocenters. The lowest BCUT2D eigenvalue weighted by Gasteiger charge is -2.19. The second-order valence-electron chi connectivity index (χ2n) is 3.35. The van der Waals surface area contributed by atoms with Crippen molar-refractivity contribution in [2.45, 2.75) is 37.8 Å². The first kappa shape index (κ1) is 10.9. The minimum atomic E-state index is 0.0870. The van der Waals surface area contributed by atoms with Crippen molar-refractivity contribution < 1.29 is 9.53 Å². The number of ether oxygens (including phenoxy) is 1. The predicted molar refractivity (Wildman–Crippen MR) is 55.0 cm³/mol. The number of rotatable bonds is 4. The van der Waals surface area contributed by atoms with Gasteiger partial charge in [-0.2, -0.15) is 12.6 Å². The molecule has 0 aliphatic heterocycles. The average Bonchev–Trinajstić information content (AvgIpc) is 2.52. The molecule has 13 heavy (non-hydrogen) atoms. The van der Waals surface area contributed by atoms with Gasteiger partial charge in [-0.3, -0.25) is 4.79 Å². The van der Waals surface area contributed by atoms with Crippen LogP contribution in [0.2, 0.25) is 0 Å². The van der Waals surface area contributed by atoms with Crippen molar-refractivity contribution in [1.29, 1.82) is 0 Å². The molecule has 76 valence electrons. The topological polar surface area (TPSA) is 38.3 Å². The highest BCUT2D eigenvalue weighted by atomic mass is 32.1. The normalized spacial score (nSPS) is 27.5. The van der Waals surface area contributed by atoms with Crippen LogP contribution in [0.3, 0.4) is 0 Å². The molecule has 1 rings (SSSR count). The Labute approximate surface area is 84.6 Å². The van der Waals surface area contributed by atoms with Crippen LogP contribution in [0.15, 0.2) is 0 Å². The fourth-order valence-electron chi connectivity index (χ4n) is 1.75. The number of methoxy groups -OCH3 is 1. The van der Waals surface area contributed by atoms with Crippen molar-refractivity contribution in [3.05, 3.63) is 0 Å². The summed E-state index contributed by atoms with van der Waals surface area (Å²) in [5, 5.41) is 2.97. The van der Waals surface area contributed by atoms with Gasteiger partial charge in [0.2, 0.25) is 5.91 Å². The maximum atomic E-state index is 11.2. The van der Waals surface area contributed by atoms with Crippen LogP contribution in [0.25, 0.3) is 0 Å². The highest BCUT2D eigenvalue weighted by Gasteiger charge is 2.27. The molecule has 0 aromatic heterocycles. The summed E-state index contributed by atoms with van der Waals surface area (Å²) >= 11 is 4.01. The average molecular weight is 203 g/mol. The van der Waals surface area contributed by atoms with Crippen LogP contribution in [0, 0.1) is 0 Å². The maximum absolute atomic E-state index is 11.2. The van der Waals surface area contributed by atoms with Gasteiger partial charge in [-0.05, 0) is 25.0 Å². The van der Waals surface area contributed by atoms with Crippen molar-refractivity contribution >= 4 is 18.5 Å². The molecule has 1 saturated carbocycles. The summed E-state index contributed by atoms with van der Waals surface area (Å²) in [4.78, 5) is 11.2. The number of thiol groups is 1. The van der Waals surface area contributed by atoms with E-state index in [2.05, 4.69) is 17.9 Å². The van der Waals surface area contributed by atoms with E-state index in [0.717, 1.165) is 19.3 Å². The van der Waals surface area contributed by atoms with Crippen molar-refractivity contribution in [3.63, 3.8) is 0 Å². The van der Waals surface area contributed by atoms with E-state index in [1.807, 2.05) is 0 Å². The molecule has 0 radical (unpaired) electrons. The largest absolute Gasteiger partial charge is 0.379 e. The zero-order chi connectivity index (χ0) is 9.68. The first-order valence-electron chi connectivity index (χ1n) is 4.71. The Bertz CT molecular complexity index is 175. The SMILES string of the molecule is COC1CCCC1NC(=O)CCS. The summed E-state index contributed by atoms with van der Waals surface area (Å²) < 4.78 is 5.27. The quantitative estimate of drug-likeness (QED) is 0.669. The molecule has 0 aromatic carbocycles. The zero-order valence-electron chi connectivity index (χ0n) is 7.95. The van der Waals surface area contributed by atoms with Gasteiger partial charge in [-0.15, -0.1) is 0 Å². The Hall–Kier alpha value is -0.220. The van der Waals surface area contributed by atoms with E-state index >= 15 is 0 Å². The molecule has 0 heterocycles. The van der Waals surface area contributed by atoms with Gasteiger partial charge < -0.3 is 10.1 Å². The summed E-state index contributed by atoms with van der Waals surface area (Å²) in [6, 6.07) is 0.220. The Morgan fingerprint density at radius 3 is 3.00 bits per heavy atom. The summed E-state index contributed by atoms with van der Waals surface area (Å²) in [5.74, 6) is 0.694. The summed E-state index contributed by atoms with van der Waals surface area (Å²) in [6.07, 6.45) is 3.95. The van der Waals surface area contributed by atoms with Crippen molar-refractivity contribution in [2.75, 3.05) is 12.9 Å². The molecule has 0 aromatic rings. The Balaban J connectivity index is 2.30. The van der Waals surface area contributed by atoms with E-state index in [1.54, 1.807) is 7.11 Å². The standard InChI is InChI=1S/C9H17NO2S/c1-12-8-4-2-3-7(8)10-9(11)5-6-13/h7-8,13H,2-6H2,1H3,(H,10,11). The molecule has 4 heteroatoms. The van der Waals surface area contributed by atoms with Crippen LogP contribution in [-0.2, 0) is 9.53 Å². The monoisotopic (exact) mass is 203 g/mol. The van der Waals surface area contributed by atoms with Crippen LogP contribution in [0.4, 0.5) is 0 Å². The van der Waals surface area contributed by atoms with Crippen LogP contribution in [0.1, 0.15) is 25.7 Å². The van der Waals surface area contributed by atoms with Crippen molar-refractivity contribution in [3.8, 4) is 0 Å². The lowest BCUT2D eigenvalue weighted by Crippen LogP contribution is -2.40. The fourth-order valence-corrected chi connectivity index (χ4v) is 1.96. The molecule has 1 amide bonds. The predicted octanol–water partition coefficient (Wildman–Crippen LogP) is 0.990. The molecule has 1 fully saturated rings. The van der Waals surface area contributed by atoms with E-state index in [4.69, 9.17) is 4.74 Å². The summed E-state index contributed by atoms with van der Waals surface area (Å²) in [7, 11) is 1.70. The van der Waals surface area contributed by atoms with E-state index in [0.29, 0.717) is 12.2 Å². The maximum Gasteiger partial charge on any atom is 0.221 e. The second kappa shape index (κ2) is 5.50. The number of nitrogens with one attached hydrogen (secondary N) is 1. The van der Waals surface area contributed by atoms with Crippen molar-refractivity contribution in [1.82, 2.24) is 5.32 Å². The van der Waals surface area contributed by atoms with Crippen LogP contribution in [0.5, 0.6) is 0 Å².